The smallest absolute Gasteiger partial charge is 0.178 e. The van der Waals surface area contributed by atoms with Gasteiger partial charge in [0, 0.05) is 18.5 Å². The largest absolute Gasteiger partial charge is 0.387 e. The van der Waals surface area contributed by atoms with Crippen molar-refractivity contribution in [1.82, 2.24) is 10.1 Å². The molecule has 5 nitrogen and oxygen atoms in total. The molecule has 3 aliphatic rings. The topological polar surface area (TPSA) is 50.9 Å². The van der Waals surface area contributed by atoms with Gasteiger partial charge in [-0.3, -0.25) is 4.90 Å². The summed E-state index contributed by atoms with van der Waals surface area (Å²) in [6.45, 7) is 3.63. The van der Waals surface area contributed by atoms with Gasteiger partial charge in [-0.2, -0.15) is 0 Å². The number of oxime groups is 1. The minimum atomic E-state index is 0.288. The summed E-state index contributed by atoms with van der Waals surface area (Å²) in [5, 5.41) is 8.13. The normalized spacial score (nSPS) is 29.8. The lowest BCUT2D eigenvalue weighted by molar-refractivity contribution is 0.100. The second-order valence-corrected chi connectivity index (χ2v) is 4.91. The van der Waals surface area contributed by atoms with E-state index in [-0.39, 0.29) is 6.61 Å². The lowest BCUT2D eigenvalue weighted by Crippen LogP contribution is -2.47. The number of halogens is 1. The van der Waals surface area contributed by atoms with E-state index in [0.29, 0.717) is 16.8 Å². The van der Waals surface area contributed by atoms with E-state index in [9.17, 15) is 0 Å². The zero-order valence-electron chi connectivity index (χ0n) is 9.43. The van der Waals surface area contributed by atoms with Gasteiger partial charge in [-0.05, 0) is 25.9 Å². The van der Waals surface area contributed by atoms with Crippen LogP contribution in [-0.2, 0) is 11.4 Å². The van der Waals surface area contributed by atoms with Crippen molar-refractivity contribution < 1.29 is 9.36 Å². The van der Waals surface area contributed by atoms with E-state index in [1.807, 2.05) is 0 Å². The fraction of sp³-hybridized carbons (Fsp3) is 0.636. The van der Waals surface area contributed by atoms with Crippen LogP contribution in [0, 0.1) is 5.92 Å². The summed E-state index contributed by atoms with van der Waals surface area (Å²) >= 11 is 5.64. The van der Waals surface area contributed by atoms with Crippen molar-refractivity contribution in [3.05, 3.63) is 17.0 Å². The third-order valence-electron chi connectivity index (χ3n) is 3.36. The van der Waals surface area contributed by atoms with Crippen LogP contribution in [0.15, 0.2) is 15.7 Å². The van der Waals surface area contributed by atoms with Crippen LogP contribution in [-0.4, -0.2) is 35.4 Å². The second kappa shape index (κ2) is 4.66. The third kappa shape index (κ3) is 2.45. The van der Waals surface area contributed by atoms with Crippen LogP contribution in [0.3, 0.4) is 0 Å². The van der Waals surface area contributed by atoms with Crippen molar-refractivity contribution in [2.75, 3.05) is 19.6 Å². The fourth-order valence-corrected chi connectivity index (χ4v) is 2.58. The van der Waals surface area contributed by atoms with Gasteiger partial charge in [-0.1, -0.05) is 21.9 Å². The molecule has 3 fully saturated rings. The highest BCUT2D eigenvalue weighted by Gasteiger charge is 2.31. The molecule has 4 heterocycles. The molecule has 0 aliphatic carbocycles. The highest BCUT2D eigenvalue weighted by atomic mass is 35.5. The van der Waals surface area contributed by atoms with Crippen molar-refractivity contribution in [2.24, 2.45) is 11.1 Å². The van der Waals surface area contributed by atoms with E-state index in [2.05, 4.69) is 15.2 Å². The average molecular weight is 256 g/mol. The van der Waals surface area contributed by atoms with Crippen LogP contribution < -0.4 is 0 Å². The average Bonchev–Trinajstić information content (AvgIpc) is 2.77. The molecule has 17 heavy (non-hydrogen) atoms. The lowest BCUT2D eigenvalue weighted by Gasteiger charge is -2.39. The Kier molecular flexibility index (Phi) is 3.03. The molecule has 6 heteroatoms. The van der Waals surface area contributed by atoms with E-state index in [1.54, 1.807) is 6.07 Å². The zero-order chi connectivity index (χ0) is 11.7. The van der Waals surface area contributed by atoms with Gasteiger partial charge in [0.15, 0.2) is 17.5 Å². The zero-order valence-corrected chi connectivity index (χ0v) is 10.2. The predicted molar refractivity (Wildman–Crippen MR) is 62.9 cm³/mol. The van der Waals surface area contributed by atoms with Crippen molar-refractivity contribution in [3.8, 4) is 0 Å². The van der Waals surface area contributed by atoms with Crippen LogP contribution in [0.2, 0.25) is 5.15 Å². The molecule has 0 atom stereocenters. The minimum absolute atomic E-state index is 0.288. The maximum atomic E-state index is 5.64. The van der Waals surface area contributed by atoms with Crippen LogP contribution in [0.25, 0.3) is 0 Å². The first kappa shape index (κ1) is 11.0. The monoisotopic (exact) mass is 255 g/mol. The molecule has 0 amide bonds. The highest BCUT2D eigenvalue weighted by Crippen LogP contribution is 2.25. The van der Waals surface area contributed by atoms with Crippen LogP contribution in [0.5, 0.6) is 0 Å². The molecule has 2 bridgehead atoms. The summed E-state index contributed by atoms with van der Waals surface area (Å²) in [5.41, 5.74) is 1.16. The number of rotatable bonds is 3. The van der Waals surface area contributed by atoms with Gasteiger partial charge >= 0.3 is 0 Å². The molecule has 1 aromatic rings. The Balaban J connectivity index is 1.56. The summed E-state index contributed by atoms with van der Waals surface area (Å²) in [4.78, 5) is 7.70. The maximum absolute atomic E-state index is 5.64. The number of nitrogens with zero attached hydrogens (tertiary/aromatic N) is 3. The molecule has 3 saturated heterocycles. The molecule has 0 radical (unpaired) electrons. The summed E-state index contributed by atoms with van der Waals surface area (Å²) in [6, 6.07) is 1.64. The molecule has 4 rings (SSSR count). The van der Waals surface area contributed by atoms with Gasteiger partial charge in [-0.25, -0.2) is 0 Å². The molecular formula is C11H14ClN3O2. The lowest BCUT2D eigenvalue weighted by atomic mass is 9.87. The van der Waals surface area contributed by atoms with E-state index in [4.69, 9.17) is 21.0 Å². The van der Waals surface area contributed by atoms with Gasteiger partial charge in [0.2, 0.25) is 0 Å². The standard InChI is InChI=1S/C11H14ClN3O2/c12-11-5-9(17-14-11)7-16-13-10-6-15-3-1-8(10)2-4-15/h5,8H,1-4,6-7H2/b13-10+. The molecule has 92 valence electrons. The van der Waals surface area contributed by atoms with Crippen LogP contribution in [0.4, 0.5) is 0 Å². The van der Waals surface area contributed by atoms with Gasteiger partial charge < -0.3 is 9.36 Å². The minimum Gasteiger partial charge on any atom is -0.387 e. The molecule has 0 saturated carbocycles. The van der Waals surface area contributed by atoms with Crippen molar-refractivity contribution in [3.63, 3.8) is 0 Å². The van der Waals surface area contributed by atoms with Gasteiger partial charge in [-0.15, -0.1) is 0 Å². The van der Waals surface area contributed by atoms with Gasteiger partial charge in [0.25, 0.3) is 0 Å². The molecule has 1 aromatic heterocycles. The summed E-state index contributed by atoms with van der Waals surface area (Å²) in [5.74, 6) is 1.21. The number of hydrogen-bond acceptors (Lipinski definition) is 5. The molecule has 3 aliphatic heterocycles. The Bertz CT molecular complexity index is 424. The SMILES string of the molecule is Clc1cc(CO/N=C2\CN3CCC2CC3)on1. The molecule has 0 unspecified atom stereocenters. The highest BCUT2D eigenvalue weighted by molar-refractivity contribution is 6.29. The Morgan fingerprint density at radius 2 is 2.35 bits per heavy atom. The number of piperidine rings is 3. The fourth-order valence-electron chi connectivity index (χ4n) is 2.42. The van der Waals surface area contributed by atoms with Crippen LogP contribution >= 0.6 is 11.6 Å². The van der Waals surface area contributed by atoms with E-state index < -0.39 is 0 Å². The number of aromatic nitrogens is 1. The Labute approximate surface area is 104 Å². The van der Waals surface area contributed by atoms with Gasteiger partial charge in [0.05, 0.1) is 5.71 Å². The second-order valence-electron chi connectivity index (χ2n) is 4.52. The number of hydrogen-bond donors (Lipinski definition) is 0. The molecule has 0 N–H and O–H groups in total. The maximum Gasteiger partial charge on any atom is 0.178 e. The van der Waals surface area contributed by atoms with E-state index in [0.717, 1.165) is 12.3 Å². The Morgan fingerprint density at radius 1 is 1.53 bits per heavy atom. The quantitative estimate of drug-likeness (QED) is 0.775. The summed E-state index contributed by atoms with van der Waals surface area (Å²) < 4.78 is 4.93. The first-order valence-corrected chi connectivity index (χ1v) is 6.21. The van der Waals surface area contributed by atoms with Crippen molar-refractivity contribution in [1.29, 1.82) is 0 Å². The predicted octanol–water partition coefficient (Wildman–Crippen LogP) is 1.93. The van der Waals surface area contributed by atoms with Crippen LogP contribution in [0.1, 0.15) is 18.6 Å². The van der Waals surface area contributed by atoms with E-state index >= 15 is 0 Å². The molecule has 0 spiro atoms. The summed E-state index contributed by atoms with van der Waals surface area (Å²) in [6.07, 6.45) is 2.41. The number of fused-ring (bicyclic) bond motifs is 3. The molecule has 0 aromatic carbocycles. The van der Waals surface area contributed by atoms with E-state index in [1.165, 1.54) is 25.9 Å². The Hall–Kier alpha value is -1.07. The first-order valence-electron chi connectivity index (χ1n) is 5.83. The third-order valence-corrected chi connectivity index (χ3v) is 3.54. The first-order chi connectivity index (χ1) is 8.31. The molecular weight excluding hydrogens is 242 g/mol. The van der Waals surface area contributed by atoms with Crippen molar-refractivity contribution in [2.45, 2.75) is 19.4 Å². The van der Waals surface area contributed by atoms with Crippen molar-refractivity contribution >= 4 is 17.3 Å². The van der Waals surface area contributed by atoms with Gasteiger partial charge in [0.1, 0.15) is 0 Å². The Morgan fingerprint density at radius 3 is 2.94 bits per heavy atom. The summed E-state index contributed by atoms with van der Waals surface area (Å²) in [7, 11) is 0.